The van der Waals surface area contributed by atoms with E-state index in [9.17, 15) is 9.59 Å². The van der Waals surface area contributed by atoms with Gasteiger partial charge in [-0.3, -0.25) is 14.4 Å². The van der Waals surface area contributed by atoms with Crippen LogP contribution in [0.1, 0.15) is 19.3 Å². The van der Waals surface area contributed by atoms with Crippen LogP contribution in [0.3, 0.4) is 0 Å². The molecule has 0 heterocycles. The van der Waals surface area contributed by atoms with Crippen LogP contribution in [0.4, 0.5) is 0 Å². The van der Waals surface area contributed by atoms with E-state index >= 15 is 0 Å². The second kappa shape index (κ2) is 6.90. The van der Waals surface area contributed by atoms with Crippen molar-refractivity contribution in [2.24, 2.45) is 5.90 Å². The molecule has 0 fully saturated rings. The van der Waals surface area contributed by atoms with Crippen LogP contribution in [0.5, 0.6) is 0 Å². The van der Waals surface area contributed by atoms with Crippen LogP contribution in [-0.4, -0.2) is 29.9 Å². The van der Waals surface area contributed by atoms with E-state index < -0.39 is 0 Å². The number of aliphatic hydroxyl groups excluding tert-OH is 1. The van der Waals surface area contributed by atoms with Crippen molar-refractivity contribution in [3.8, 4) is 0 Å². The van der Waals surface area contributed by atoms with Crippen molar-refractivity contribution < 1.29 is 19.5 Å². The summed E-state index contributed by atoms with van der Waals surface area (Å²) in [7, 11) is 0. The van der Waals surface area contributed by atoms with Crippen LogP contribution in [0, 0.1) is 0 Å². The van der Waals surface area contributed by atoms with Crippen molar-refractivity contribution in [1.29, 1.82) is 0 Å². The highest BCUT2D eigenvalue weighted by Gasteiger charge is 2.05. The Labute approximate surface area is 70.5 Å². The van der Waals surface area contributed by atoms with E-state index in [-0.39, 0.29) is 44.0 Å². The van der Waals surface area contributed by atoms with Crippen molar-refractivity contribution in [3.05, 3.63) is 0 Å². The van der Waals surface area contributed by atoms with Crippen LogP contribution >= 0.6 is 0 Å². The minimum absolute atomic E-state index is 0.108. The standard InChI is InChI=1S/C7H13NO4/c8-12-5-7(11)2-1-6(10)3-4-9/h9H,1-5,8H2. The molecule has 70 valence electrons. The average molecular weight is 175 g/mol. The Bertz CT molecular complexity index is 139. The molecule has 0 aromatic heterocycles. The highest BCUT2D eigenvalue weighted by atomic mass is 16.6. The molecule has 0 bridgehead atoms. The van der Waals surface area contributed by atoms with E-state index in [1.165, 1.54) is 0 Å². The molecule has 0 rings (SSSR count). The third-order valence-electron chi connectivity index (χ3n) is 1.32. The van der Waals surface area contributed by atoms with Crippen molar-refractivity contribution >= 4 is 11.6 Å². The van der Waals surface area contributed by atoms with Crippen LogP contribution in [0.15, 0.2) is 0 Å². The van der Waals surface area contributed by atoms with Crippen LogP contribution in [0.25, 0.3) is 0 Å². The number of nitrogens with two attached hydrogens (primary N) is 1. The molecule has 0 atom stereocenters. The lowest BCUT2D eigenvalue weighted by Crippen LogP contribution is -2.13. The molecule has 0 amide bonds. The summed E-state index contributed by atoms with van der Waals surface area (Å²) in [6.45, 7) is -0.327. The number of aliphatic hydroxyl groups is 1. The Hall–Kier alpha value is -0.780. The number of hydrogen-bond donors (Lipinski definition) is 2. The molecule has 0 saturated heterocycles. The number of ketones is 2. The van der Waals surface area contributed by atoms with Gasteiger partial charge in [-0.1, -0.05) is 0 Å². The van der Waals surface area contributed by atoms with Gasteiger partial charge in [-0.05, 0) is 0 Å². The van der Waals surface area contributed by atoms with Crippen LogP contribution in [-0.2, 0) is 14.4 Å². The lowest BCUT2D eigenvalue weighted by Gasteiger charge is -1.97. The predicted octanol–water partition coefficient (Wildman–Crippen LogP) is -0.823. The first-order chi connectivity index (χ1) is 5.70. The minimum Gasteiger partial charge on any atom is -0.396 e. The molecule has 0 aromatic rings. The highest BCUT2D eigenvalue weighted by molar-refractivity contribution is 5.86. The quantitative estimate of drug-likeness (QED) is 0.493. The van der Waals surface area contributed by atoms with E-state index in [1.807, 2.05) is 0 Å². The summed E-state index contributed by atoms with van der Waals surface area (Å²) in [4.78, 5) is 25.6. The molecule has 3 N–H and O–H groups in total. The average Bonchev–Trinajstić information content (AvgIpc) is 2.02. The fourth-order valence-corrected chi connectivity index (χ4v) is 0.694. The number of rotatable bonds is 7. The van der Waals surface area contributed by atoms with E-state index in [4.69, 9.17) is 5.11 Å². The molecular formula is C7H13NO4. The van der Waals surface area contributed by atoms with Gasteiger partial charge >= 0.3 is 0 Å². The van der Waals surface area contributed by atoms with Gasteiger partial charge in [0, 0.05) is 25.9 Å². The molecule has 0 aliphatic rings. The van der Waals surface area contributed by atoms with Crippen molar-refractivity contribution in [3.63, 3.8) is 0 Å². The van der Waals surface area contributed by atoms with Gasteiger partial charge in [-0.2, -0.15) is 0 Å². The summed E-state index contributed by atoms with van der Waals surface area (Å²) in [5, 5.41) is 8.35. The molecule has 0 unspecified atom stereocenters. The first-order valence-corrected chi connectivity index (χ1v) is 3.66. The normalized spacial score (nSPS) is 9.83. The lowest BCUT2D eigenvalue weighted by atomic mass is 10.1. The van der Waals surface area contributed by atoms with Crippen LogP contribution in [0.2, 0.25) is 0 Å². The fraction of sp³-hybridized carbons (Fsp3) is 0.714. The first kappa shape index (κ1) is 11.2. The van der Waals surface area contributed by atoms with Gasteiger partial charge in [0.2, 0.25) is 0 Å². The number of Topliss-reactive ketones (excluding diaryl/α,β-unsaturated/α-hetero) is 2. The zero-order chi connectivity index (χ0) is 9.40. The topological polar surface area (TPSA) is 89.6 Å². The summed E-state index contributed by atoms with van der Waals surface area (Å²) in [5.41, 5.74) is 0. The van der Waals surface area contributed by atoms with E-state index in [2.05, 4.69) is 10.7 Å². The fourth-order valence-electron chi connectivity index (χ4n) is 0.694. The molecule has 0 radical (unpaired) electrons. The summed E-state index contributed by atoms with van der Waals surface area (Å²) in [6.07, 6.45) is 0.398. The molecule has 5 nitrogen and oxygen atoms in total. The van der Waals surface area contributed by atoms with Gasteiger partial charge in [-0.25, -0.2) is 5.90 Å². The van der Waals surface area contributed by atoms with E-state index in [1.54, 1.807) is 0 Å². The van der Waals surface area contributed by atoms with Gasteiger partial charge in [0.25, 0.3) is 0 Å². The molecule has 0 spiro atoms. The third-order valence-corrected chi connectivity index (χ3v) is 1.32. The Morgan fingerprint density at radius 2 is 1.75 bits per heavy atom. The van der Waals surface area contributed by atoms with Gasteiger partial charge < -0.3 is 5.11 Å². The van der Waals surface area contributed by atoms with Crippen molar-refractivity contribution in [2.75, 3.05) is 13.2 Å². The Balaban J connectivity index is 3.40. The highest BCUT2D eigenvalue weighted by Crippen LogP contribution is 1.95. The van der Waals surface area contributed by atoms with Gasteiger partial charge in [-0.15, -0.1) is 0 Å². The molecule has 12 heavy (non-hydrogen) atoms. The number of carbonyl (C=O) groups excluding carboxylic acids is 2. The zero-order valence-corrected chi connectivity index (χ0v) is 6.78. The summed E-state index contributed by atoms with van der Waals surface area (Å²) >= 11 is 0. The largest absolute Gasteiger partial charge is 0.396 e. The van der Waals surface area contributed by atoms with Gasteiger partial charge in [0.05, 0.1) is 0 Å². The second-order valence-corrected chi connectivity index (χ2v) is 2.36. The SMILES string of the molecule is NOCC(=O)CCC(=O)CCO. The summed E-state index contributed by atoms with van der Waals surface area (Å²) < 4.78 is 0. The monoisotopic (exact) mass is 175 g/mol. The first-order valence-electron chi connectivity index (χ1n) is 3.66. The van der Waals surface area contributed by atoms with Crippen molar-refractivity contribution in [2.45, 2.75) is 19.3 Å². The maximum atomic E-state index is 10.8. The van der Waals surface area contributed by atoms with Gasteiger partial charge in [0.1, 0.15) is 12.4 Å². The Kier molecular flexibility index (Phi) is 6.45. The predicted molar refractivity (Wildman–Crippen MR) is 41.1 cm³/mol. The smallest absolute Gasteiger partial charge is 0.160 e. The Morgan fingerprint density at radius 1 is 1.17 bits per heavy atom. The summed E-state index contributed by atoms with van der Waals surface area (Å²) in [6, 6.07) is 0. The molecule has 0 saturated carbocycles. The molecule has 0 aromatic carbocycles. The lowest BCUT2D eigenvalue weighted by molar-refractivity contribution is -0.127. The second-order valence-electron chi connectivity index (χ2n) is 2.36. The minimum atomic E-state index is -0.205. The molecule has 0 aliphatic heterocycles. The van der Waals surface area contributed by atoms with Crippen molar-refractivity contribution in [1.82, 2.24) is 0 Å². The third kappa shape index (κ3) is 5.96. The number of hydrogen-bond acceptors (Lipinski definition) is 5. The van der Waals surface area contributed by atoms with E-state index in [0.717, 1.165) is 0 Å². The zero-order valence-electron chi connectivity index (χ0n) is 6.78. The molecular weight excluding hydrogens is 162 g/mol. The molecule has 0 aliphatic carbocycles. The summed E-state index contributed by atoms with van der Waals surface area (Å²) in [5.74, 6) is 4.32. The van der Waals surface area contributed by atoms with Crippen LogP contribution < -0.4 is 5.90 Å². The van der Waals surface area contributed by atoms with Gasteiger partial charge in [0.15, 0.2) is 5.78 Å². The van der Waals surface area contributed by atoms with E-state index in [0.29, 0.717) is 0 Å². The molecule has 5 heteroatoms. The number of carbonyl (C=O) groups is 2. The maximum Gasteiger partial charge on any atom is 0.160 e. The maximum absolute atomic E-state index is 10.8. The Morgan fingerprint density at radius 3 is 2.25 bits per heavy atom.